The van der Waals surface area contributed by atoms with Gasteiger partial charge in [-0.15, -0.1) is 0 Å². The van der Waals surface area contributed by atoms with Gasteiger partial charge in [0.15, 0.2) is 0 Å². The Morgan fingerprint density at radius 2 is 1.69 bits per heavy atom. The number of ether oxygens (including phenoxy) is 2. The predicted octanol–water partition coefficient (Wildman–Crippen LogP) is 3.92. The van der Waals surface area contributed by atoms with Gasteiger partial charge < -0.3 is 14.4 Å². The number of methoxy groups -OCH3 is 2. The van der Waals surface area contributed by atoms with Crippen LogP contribution in [0.2, 0.25) is 0 Å². The van der Waals surface area contributed by atoms with Gasteiger partial charge in [0, 0.05) is 19.2 Å². The molecule has 0 spiro atoms. The van der Waals surface area contributed by atoms with Crippen LogP contribution in [0.15, 0.2) is 18.2 Å². The van der Waals surface area contributed by atoms with Crippen LogP contribution in [0.25, 0.3) is 0 Å². The first-order valence-corrected chi connectivity index (χ1v) is 9.95. The molecule has 4 aliphatic carbocycles. The first kappa shape index (κ1) is 17.7. The van der Waals surface area contributed by atoms with Crippen molar-refractivity contribution < 1.29 is 14.3 Å². The number of nitrogens with zero attached hydrogens (tertiary/aromatic N) is 1. The van der Waals surface area contributed by atoms with Gasteiger partial charge in [-0.25, -0.2) is 0 Å². The largest absolute Gasteiger partial charge is 0.497 e. The monoisotopic (exact) mass is 357 g/mol. The molecule has 0 aliphatic heterocycles. The first-order chi connectivity index (χ1) is 12.5. The first-order valence-electron chi connectivity index (χ1n) is 9.95. The molecule has 1 aromatic rings. The van der Waals surface area contributed by atoms with Gasteiger partial charge in [-0.1, -0.05) is 0 Å². The second-order valence-electron chi connectivity index (χ2n) is 9.02. The van der Waals surface area contributed by atoms with Crippen molar-refractivity contribution in [1.29, 1.82) is 0 Å². The van der Waals surface area contributed by atoms with Crippen molar-refractivity contribution in [3.8, 4) is 11.5 Å². The second-order valence-corrected chi connectivity index (χ2v) is 9.02. The molecule has 4 saturated carbocycles. The summed E-state index contributed by atoms with van der Waals surface area (Å²) in [6.07, 6.45) is 8.69. The van der Waals surface area contributed by atoms with Gasteiger partial charge in [-0.2, -0.15) is 0 Å². The van der Waals surface area contributed by atoms with Gasteiger partial charge in [0.1, 0.15) is 11.5 Å². The smallest absolute Gasteiger partial charge is 0.226 e. The SMILES string of the molecule is COc1ccc(OC)c(CC(=O)N(C)CC23CC4CC(CC(C4)C2)C3)c1. The maximum atomic E-state index is 12.9. The molecular weight excluding hydrogens is 326 g/mol. The van der Waals surface area contributed by atoms with Gasteiger partial charge in [0.05, 0.1) is 20.6 Å². The van der Waals surface area contributed by atoms with E-state index in [4.69, 9.17) is 9.47 Å². The second kappa shape index (κ2) is 6.79. The van der Waals surface area contributed by atoms with Crippen LogP contribution in [-0.2, 0) is 11.2 Å². The minimum Gasteiger partial charge on any atom is -0.497 e. The number of hydrogen-bond donors (Lipinski definition) is 0. The number of likely N-dealkylation sites (N-methyl/N-ethyl adjacent to an activating group) is 1. The van der Waals surface area contributed by atoms with E-state index in [1.54, 1.807) is 14.2 Å². The lowest BCUT2D eigenvalue weighted by atomic mass is 9.49. The normalized spacial score (nSPS) is 31.7. The maximum Gasteiger partial charge on any atom is 0.226 e. The molecule has 0 N–H and O–H groups in total. The van der Waals surface area contributed by atoms with Crippen LogP contribution in [-0.4, -0.2) is 38.6 Å². The molecule has 0 radical (unpaired) electrons. The molecule has 5 rings (SSSR count). The molecule has 26 heavy (non-hydrogen) atoms. The summed E-state index contributed by atoms with van der Waals surface area (Å²) in [4.78, 5) is 14.9. The third-order valence-corrected chi connectivity index (χ3v) is 6.99. The summed E-state index contributed by atoms with van der Waals surface area (Å²) in [5, 5.41) is 0. The Balaban J connectivity index is 1.44. The molecule has 0 atom stereocenters. The van der Waals surface area contributed by atoms with Crippen LogP contribution in [0.3, 0.4) is 0 Å². The molecule has 0 unspecified atom stereocenters. The summed E-state index contributed by atoms with van der Waals surface area (Å²) in [7, 11) is 5.27. The van der Waals surface area contributed by atoms with Crippen molar-refractivity contribution in [3.63, 3.8) is 0 Å². The minimum atomic E-state index is 0.173. The van der Waals surface area contributed by atoms with E-state index in [1.165, 1.54) is 38.5 Å². The van der Waals surface area contributed by atoms with E-state index < -0.39 is 0 Å². The average molecular weight is 357 g/mol. The lowest BCUT2D eigenvalue weighted by Gasteiger charge is -2.57. The van der Waals surface area contributed by atoms with Crippen molar-refractivity contribution in [2.24, 2.45) is 23.2 Å². The molecule has 142 valence electrons. The van der Waals surface area contributed by atoms with E-state index in [9.17, 15) is 4.79 Å². The van der Waals surface area contributed by atoms with E-state index in [0.29, 0.717) is 11.8 Å². The Hall–Kier alpha value is -1.71. The number of amides is 1. The predicted molar refractivity (Wildman–Crippen MR) is 101 cm³/mol. The number of benzene rings is 1. The van der Waals surface area contributed by atoms with Crippen LogP contribution in [0.1, 0.15) is 44.1 Å². The Morgan fingerprint density at radius 3 is 2.23 bits per heavy atom. The fourth-order valence-corrected chi connectivity index (χ4v) is 6.39. The topological polar surface area (TPSA) is 38.8 Å². The molecule has 4 fully saturated rings. The molecule has 1 aromatic carbocycles. The molecule has 4 nitrogen and oxygen atoms in total. The van der Waals surface area contributed by atoms with Crippen LogP contribution in [0.5, 0.6) is 11.5 Å². The number of hydrogen-bond acceptors (Lipinski definition) is 3. The summed E-state index contributed by atoms with van der Waals surface area (Å²) in [5.74, 6) is 4.45. The number of carbonyl (C=O) groups excluding carboxylic acids is 1. The third-order valence-electron chi connectivity index (χ3n) is 6.99. The van der Waals surface area contributed by atoms with E-state index >= 15 is 0 Å². The molecular formula is C22H31NO3. The zero-order chi connectivity index (χ0) is 18.3. The summed E-state index contributed by atoms with van der Waals surface area (Å²) in [6, 6.07) is 5.65. The lowest BCUT2D eigenvalue weighted by molar-refractivity contribution is -0.134. The van der Waals surface area contributed by atoms with Gasteiger partial charge in [-0.05, 0) is 79.9 Å². The Kier molecular flexibility index (Phi) is 4.62. The molecule has 4 heteroatoms. The van der Waals surface area contributed by atoms with Gasteiger partial charge in [0.25, 0.3) is 0 Å². The summed E-state index contributed by atoms with van der Waals surface area (Å²) < 4.78 is 10.7. The van der Waals surface area contributed by atoms with Gasteiger partial charge >= 0.3 is 0 Å². The summed E-state index contributed by atoms with van der Waals surface area (Å²) in [6.45, 7) is 0.918. The highest BCUT2D eigenvalue weighted by Gasteiger charge is 2.51. The molecule has 4 bridgehead atoms. The standard InChI is InChI=1S/C22H31NO3/c1-23(14-22-11-15-6-16(12-22)8-17(7-15)13-22)21(24)10-18-9-19(25-2)4-5-20(18)26-3/h4-5,9,15-17H,6-8,10-14H2,1-3H3. The fourth-order valence-electron chi connectivity index (χ4n) is 6.39. The van der Waals surface area contributed by atoms with Crippen LogP contribution < -0.4 is 9.47 Å². The van der Waals surface area contributed by atoms with E-state index in [2.05, 4.69) is 0 Å². The minimum absolute atomic E-state index is 0.173. The summed E-state index contributed by atoms with van der Waals surface area (Å²) >= 11 is 0. The van der Waals surface area contributed by atoms with Crippen LogP contribution in [0.4, 0.5) is 0 Å². The highest BCUT2D eigenvalue weighted by atomic mass is 16.5. The zero-order valence-electron chi connectivity index (χ0n) is 16.3. The maximum absolute atomic E-state index is 12.9. The van der Waals surface area contributed by atoms with Gasteiger partial charge in [-0.3, -0.25) is 4.79 Å². The van der Waals surface area contributed by atoms with E-state index in [-0.39, 0.29) is 5.91 Å². The molecule has 0 heterocycles. The molecule has 1 amide bonds. The zero-order valence-corrected chi connectivity index (χ0v) is 16.3. The Bertz CT molecular complexity index is 649. The Morgan fingerprint density at radius 1 is 1.08 bits per heavy atom. The number of carbonyl (C=O) groups is 1. The van der Waals surface area contributed by atoms with Crippen molar-refractivity contribution in [2.45, 2.75) is 44.9 Å². The third kappa shape index (κ3) is 3.30. The molecule has 0 aromatic heterocycles. The highest BCUT2D eigenvalue weighted by molar-refractivity contribution is 5.79. The van der Waals surface area contributed by atoms with E-state index in [0.717, 1.165) is 41.4 Å². The van der Waals surface area contributed by atoms with Crippen molar-refractivity contribution in [3.05, 3.63) is 23.8 Å². The quantitative estimate of drug-likeness (QED) is 0.774. The van der Waals surface area contributed by atoms with Crippen molar-refractivity contribution >= 4 is 5.91 Å². The van der Waals surface area contributed by atoms with Crippen LogP contribution in [0, 0.1) is 23.2 Å². The lowest BCUT2D eigenvalue weighted by Crippen LogP contribution is -2.51. The van der Waals surface area contributed by atoms with E-state index in [1.807, 2.05) is 30.1 Å². The fraction of sp³-hybridized carbons (Fsp3) is 0.682. The van der Waals surface area contributed by atoms with Crippen molar-refractivity contribution in [1.82, 2.24) is 4.90 Å². The van der Waals surface area contributed by atoms with Crippen molar-refractivity contribution in [2.75, 3.05) is 27.8 Å². The average Bonchev–Trinajstić information content (AvgIpc) is 2.60. The molecule has 0 saturated heterocycles. The van der Waals surface area contributed by atoms with Crippen LogP contribution >= 0.6 is 0 Å². The number of rotatable bonds is 6. The highest BCUT2D eigenvalue weighted by Crippen LogP contribution is 2.60. The van der Waals surface area contributed by atoms with Gasteiger partial charge in [0.2, 0.25) is 5.91 Å². The molecule has 4 aliphatic rings. The Labute approximate surface area is 156 Å². The summed E-state index contributed by atoms with van der Waals surface area (Å²) in [5.41, 5.74) is 1.28.